The lowest BCUT2D eigenvalue weighted by atomic mass is 10.0. The van der Waals surface area contributed by atoms with Gasteiger partial charge >= 0.3 is 6.01 Å². The van der Waals surface area contributed by atoms with Crippen molar-refractivity contribution in [3.8, 4) is 11.5 Å². The fraction of sp³-hybridized carbons (Fsp3) is 0.318. The highest BCUT2D eigenvalue weighted by Crippen LogP contribution is 2.29. The SMILES string of the molecule is CCOc1ccc(C(=O)Nc2nnc(Cc3ccc(C)c(C)c3)o2)cc1OCC. The molecule has 1 aromatic heterocycles. The van der Waals surface area contributed by atoms with Crippen LogP contribution in [-0.4, -0.2) is 29.3 Å². The highest BCUT2D eigenvalue weighted by atomic mass is 16.5. The highest BCUT2D eigenvalue weighted by Gasteiger charge is 2.15. The molecular weight excluding hydrogens is 370 g/mol. The molecule has 0 fully saturated rings. The minimum atomic E-state index is -0.365. The topological polar surface area (TPSA) is 86.5 Å². The van der Waals surface area contributed by atoms with Crippen LogP contribution in [0.25, 0.3) is 0 Å². The molecule has 0 aliphatic carbocycles. The number of benzene rings is 2. The van der Waals surface area contributed by atoms with E-state index in [-0.39, 0.29) is 11.9 Å². The summed E-state index contributed by atoms with van der Waals surface area (Å²) in [6, 6.07) is 11.2. The molecule has 0 saturated carbocycles. The van der Waals surface area contributed by atoms with E-state index in [2.05, 4.69) is 41.5 Å². The normalized spacial score (nSPS) is 10.6. The van der Waals surface area contributed by atoms with Gasteiger partial charge in [-0.25, -0.2) is 0 Å². The molecule has 0 bridgehead atoms. The minimum absolute atomic E-state index is 0.0562. The second-order valence-corrected chi connectivity index (χ2v) is 6.58. The third kappa shape index (κ3) is 5.13. The Hall–Kier alpha value is -3.35. The van der Waals surface area contributed by atoms with Crippen molar-refractivity contribution >= 4 is 11.9 Å². The van der Waals surface area contributed by atoms with E-state index >= 15 is 0 Å². The molecule has 7 nitrogen and oxygen atoms in total. The first-order chi connectivity index (χ1) is 14.0. The number of aromatic nitrogens is 2. The molecule has 29 heavy (non-hydrogen) atoms. The Morgan fingerprint density at radius 3 is 2.45 bits per heavy atom. The first kappa shape index (κ1) is 20.4. The smallest absolute Gasteiger partial charge is 0.322 e. The molecule has 152 valence electrons. The van der Waals surface area contributed by atoms with Gasteiger partial charge in [0.15, 0.2) is 11.5 Å². The summed E-state index contributed by atoms with van der Waals surface area (Å²) >= 11 is 0. The predicted molar refractivity (Wildman–Crippen MR) is 110 cm³/mol. The largest absolute Gasteiger partial charge is 0.490 e. The molecule has 0 unspecified atom stereocenters. The van der Waals surface area contributed by atoms with Crippen LogP contribution in [0.4, 0.5) is 6.01 Å². The highest BCUT2D eigenvalue weighted by molar-refractivity contribution is 6.03. The predicted octanol–water partition coefficient (Wildman–Crippen LogP) is 4.33. The summed E-state index contributed by atoms with van der Waals surface area (Å²) in [5.41, 5.74) is 3.92. The number of amides is 1. The lowest BCUT2D eigenvalue weighted by molar-refractivity contribution is 0.102. The van der Waals surface area contributed by atoms with E-state index in [1.165, 1.54) is 11.1 Å². The van der Waals surface area contributed by atoms with Crippen molar-refractivity contribution in [3.63, 3.8) is 0 Å². The lowest BCUT2D eigenvalue weighted by Gasteiger charge is -2.11. The Balaban J connectivity index is 1.69. The van der Waals surface area contributed by atoms with Crippen LogP contribution >= 0.6 is 0 Å². The number of aryl methyl sites for hydroxylation is 2. The quantitative estimate of drug-likeness (QED) is 0.611. The number of ether oxygens (including phenoxy) is 2. The van der Waals surface area contributed by atoms with Crippen molar-refractivity contribution in [1.29, 1.82) is 0 Å². The summed E-state index contributed by atoms with van der Waals surface area (Å²) in [5.74, 6) is 1.18. The van der Waals surface area contributed by atoms with Crippen LogP contribution in [0.1, 0.15) is 46.8 Å². The number of anilines is 1. The molecule has 0 saturated heterocycles. The van der Waals surface area contributed by atoms with E-state index < -0.39 is 0 Å². The Labute approximate surface area is 170 Å². The van der Waals surface area contributed by atoms with Crippen LogP contribution in [0.15, 0.2) is 40.8 Å². The van der Waals surface area contributed by atoms with Crippen molar-refractivity contribution < 1.29 is 18.7 Å². The van der Waals surface area contributed by atoms with Crippen LogP contribution in [0.2, 0.25) is 0 Å². The van der Waals surface area contributed by atoms with Gasteiger partial charge < -0.3 is 13.9 Å². The molecule has 0 atom stereocenters. The molecule has 2 aromatic carbocycles. The second kappa shape index (κ2) is 9.23. The number of carbonyl (C=O) groups is 1. The Morgan fingerprint density at radius 1 is 0.966 bits per heavy atom. The molecule has 0 aliphatic rings. The molecule has 0 spiro atoms. The van der Waals surface area contributed by atoms with E-state index in [0.29, 0.717) is 42.6 Å². The maximum atomic E-state index is 12.6. The number of rotatable bonds is 8. The molecule has 1 N–H and O–H groups in total. The van der Waals surface area contributed by atoms with Gasteiger partial charge in [-0.05, 0) is 62.6 Å². The molecule has 1 heterocycles. The Kier molecular flexibility index (Phi) is 6.49. The first-order valence-corrected chi connectivity index (χ1v) is 9.59. The second-order valence-electron chi connectivity index (χ2n) is 6.58. The first-order valence-electron chi connectivity index (χ1n) is 9.59. The maximum Gasteiger partial charge on any atom is 0.322 e. The van der Waals surface area contributed by atoms with Crippen molar-refractivity contribution in [3.05, 3.63) is 64.5 Å². The van der Waals surface area contributed by atoms with E-state index in [9.17, 15) is 4.79 Å². The summed E-state index contributed by atoms with van der Waals surface area (Å²) in [6.07, 6.45) is 0.502. The van der Waals surface area contributed by atoms with Gasteiger partial charge in [0.05, 0.1) is 19.6 Å². The fourth-order valence-electron chi connectivity index (χ4n) is 2.83. The van der Waals surface area contributed by atoms with E-state index in [0.717, 1.165) is 5.56 Å². The molecule has 0 aliphatic heterocycles. The van der Waals surface area contributed by atoms with Gasteiger partial charge in [-0.3, -0.25) is 10.1 Å². The zero-order chi connectivity index (χ0) is 20.8. The van der Waals surface area contributed by atoms with Crippen molar-refractivity contribution in [1.82, 2.24) is 10.2 Å². The number of hydrogen-bond acceptors (Lipinski definition) is 6. The Bertz CT molecular complexity index is 997. The lowest BCUT2D eigenvalue weighted by Crippen LogP contribution is -2.12. The van der Waals surface area contributed by atoms with Gasteiger partial charge in [-0.2, -0.15) is 0 Å². The average molecular weight is 395 g/mol. The van der Waals surface area contributed by atoms with E-state index in [4.69, 9.17) is 13.9 Å². The number of carbonyl (C=O) groups excluding carboxylic acids is 1. The number of hydrogen-bond donors (Lipinski definition) is 1. The summed E-state index contributed by atoms with van der Waals surface area (Å²) in [5, 5.41) is 10.6. The van der Waals surface area contributed by atoms with Crippen molar-refractivity contribution in [2.75, 3.05) is 18.5 Å². The van der Waals surface area contributed by atoms with Crippen molar-refractivity contribution in [2.24, 2.45) is 0 Å². The monoisotopic (exact) mass is 395 g/mol. The van der Waals surface area contributed by atoms with Crippen LogP contribution in [-0.2, 0) is 6.42 Å². The number of nitrogens with zero attached hydrogens (tertiary/aromatic N) is 2. The molecule has 0 radical (unpaired) electrons. The van der Waals surface area contributed by atoms with Gasteiger partial charge in [-0.1, -0.05) is 23.3 Å². The number of nitrogens with one attached hydrogen (secondary N) is 1. The van der Waals surface area contributed by atoms with Crippen LogP contribution in [0.5, 0.6) is 11.5 Å². The summed E-state index contributed by atoms with van der Waals surface area (Å²) in [6.45, 7) is 8.87. The van der Waals surface area contributed by atoms with Crippen LogP contribution < -0.4 is 14.8 Å². The van der Waals surface area contributed by atoms with Crippen LogP contribution in [0.3, 0.4) is 0 Å². The third-order valence-electron chi connectivity index (χ3n) is 4.42. The van der Waals surface area contributed by atoms with E-state index in [1.807, 2.05) is 19.9 Å². The van der Waals surface area contributed by atoms with Gasteiger partial charge in [-0.15, -0.1) is 5.10 Å². The van der Waals surface area contributed by atoms with Crippen LogP contribution in [0, 0.1) is 13.8 Å². The third-order valence-corrected chi connectivity index (χ3v) is 4.42. The van der Waals surface area contributed by atoms with Gasteiger partial charge in [0.25, 0.3) is 5.91 Å². The molecule has 7 heteroatoms. The van der Waals surface area contributed by atoms with E-state index in [1.54, 1.807) is 18.2 Å². The summed E-state index contributed by atoms with van der Waals surface area (Å²) < 4.78 is 16.7. The average Bonchev–Trinajstić information content (AvgIpc) is 3.13. The van der Waals surface area contributed by atoms with Gasteiger partial charge in [0, 0.05) is 5.56 Å². The van der Waals surface area contributed by atoms with Gasteiger partial charge in [0.1, 0.15) is 0 Å². The van der Waals surface area contributed by atoms with Crippen molar-refractivity contribution in [2.45, 2.75) is 34.1 Å². The molecule has 3 rings (SSSR count). The zero-order valence-electron chi connectivity index (χ0n) is 17.1. The summed E-state index contributed by atoms with van der Waals surface area (Å²) in [7, 11) is 0. The zero-order valence-corrected chi connectivity index (χ0v) is 17.1. The maximum absolute atomic E-state index is 12.6. The Morgan fingerprint density at radius 2 is 1.72 bits per heavy atom. The molecular formula is C22H25N3O4. The standard InChI is InChI=1S/C22H25N3O4/c1-5-27-18-10-9-17(13-19(18)28-6-2)21(26)23-22-25-24-20(29-22)12-16-8-7-14(3)15(4)11-16/h7-11,13H,5-6,12H2,1-4H3,(H,23,25,26). The van der Waals surface area contributed by atoms with Gasteiger partial charge in [0.2, 0.25) is 5.89 Å². The minimum Gasteiger partial charge on any atom is -0.490 e. The fourth-order valence-corrected chi connectivity index (χ4v) is 2.83. The summed E-state index contributed by atoms with van der Waals surface area (Å²) in [4.78, 5) is 12.6. The molecule has 3 aromatic rings. The molecule has 1 amide bonds.